The van der Waals surface area contributed by atoms with Crippen LogP contribution in [0.2, 0.25) is 0 Å². The van der Waals surface area contributed by atoms with E-state index in [2.05, 4.69) is 4.98 Å². The van der Waals surface area contributed by atoms with Crippen LogP contribution >= 0.6 is 0 Å². The fourth-order valence-electron chi connectivity index (χ4n) is 2.86. The summed E-state index contributed by atoms with van der Waals surface area (Å²) in [5.41, 5.74) is 5.93. The van der Waals surface area contributed by atoms with Gasteiger partial charge in [0.15, 0.2) is 0 Å². The van der Waals surface area contributed by atoms with E-state index in [-0.39, 0.29) is 18.5 Å². The van der Waals surface area contributed by atoms with E-state index in [0.29, 0.717) is 22.2 Å². The second-order valence-electron chi connectivity index (χ2n) is 7.35. The monoisotopic (exact) mass is 373 g/mol. The number of nitro benzene ring substituents is 1. The topological polar surface area (TPSA) is 125 Å². The molecule has 0 fully saturated rings. The molecule has 8 nitrogen and oxygen atoms in total. The van der Waals surface area contributed by atoms with E-state index >= 15 is 0 Å². The van der Waals surface area contributed by atoms with Crippen molar-refractivity contribution in [1.29, 1.82) is 0 Å². The third kappa shape index (κ3) is 4.99. The third-order valence-corrected chi connectivity index (χ3v) is 4.01. The van der Waals surface area contributed by atoms with Crippen LogP contribution in [0.25, 0.3) is 10.9 Å². The zero-order valence-corrected chi connectivity index (χ0v) is 15.8. The Balaban J connectivity index is 2.59. The molecule has 1 unspecified atom stereocenters. The smallest absolute Gasteiger partial charge is 0.314 e. The lowest BCUT2D eigenvalue weighted by Crippen LogP contribution is -2.29. The van der Waals surface area contributed by atoms with E-state index in [1.165, 1.54) is 6.07 Å². The quantitative estimate of drug-likeness (QED) is 0.471. The molecule has 0 aliphatic heterocycles. The number of hydrogen-bond acceptors (Lipinski definition) is 6. The van der Waals surface area contributed by atoms with Crippen molar-refractivity contribution in [1.82, 2.24) is 4.98 Å². The minimum absolute atomic E-state index is 0.0156. The highest BCUT2D eigenvalue weighted by Gasteiger charge is 2.29. The maximum Gasteiger partial charge on any atom is 0.314 e. The van der Waals surface area contributed by atoms with Gasteiger partial charge in [-0.3, -0.25) is 24.7 Å². The largest absolute Gasteiger partial charge is 0.459 e. The summed E-state index contributed by atoms with van der Waals surface area (Å²) < 4.78 is 5.48. The van der Waals surface area contributed by atoms with Crippen LogP contribution < -0.4 is 5.73 Å². The molecule has 27 heavy (non-hydrogen) atoms. The van der Waals surface area contributed by atoms with Crippen molar-refractivity contribution in [2.45, 2.75) is 52.1 Å². The van der Waals surface area contributed by atoms with Crippen LogP contribution in [-0.4, -0.2) is 27.4 Å². The zero-order chi connectivity index (χ0) is 20.4. The van der Waals surface area contributed by atoms with Crippen molar-refractivity contribution in [2.75, 3.05) is 0 Å². The van der Waals surface area contributed by atoms with Gasteiger partial charge in [0.2, 0.25) is 5.91 Å². The summed E-state index contributed by atoms with van der Waals surface area (Å²) in [4.78, 5) is 39.3. The van der Waals surface area contributed by atoms with Gasteiger partial charge in [-0.2, -0.15) is 0 Å². The van der Waals surface area contributed by atoms with Crippen LogP contribution in [0.1, 0.15) is 50.8 Å². The summed E-state index contributed by atoms with van der Waals surface area (Å²) in [6.45, 7) is 6.94. The Hall–Kier alpha value is -3.03. The number of ether oxygens (including phenoxy) is 1. The molecule has 0 saturated carbocycles. The van der Waals surface area contributed by atoms with E-state index < -0.39 is 28.3 Å². The maximum absolute atomic E-state index is 12.7. The van der Waals surface area contributed by atoms with Crippen LogP contribution in [0.4, 0.5) is 5.69 Å². The van der Waals surface area contributed by atoms with E-state index in [9.17, 15) is 19.7 Å². The van der Waals surface area contributed by atoms with Gasteiger partial charge < -0.3 is 10.5 Å². The first kappa shape index (κ1) is 20.3. The number of carbonyl (C=O) groups is 2. The number of esters is 1. The number of pyridine rings is 1. The third-order valence-electron chi connectivity index (χ3n) is 4.01. The number of non-ortho nitro benzene ring substituents is 1. The van der Waals surface area contributed by atoms with Gasteiger partial charge in [-0.05, 0) is 51.8 Å². The summed E-state index contributed by atoms with van der Waals surface area (Å²) >= 11 is 0. The molecule has 0 saturated heterocycles. The summed E-state index contributed by atoms with van der Waals surface area (Å²) in [5, 5.41) is 11.7. The van der Waals surface area contributed by atoms with Gasteiger partial charge in [0.1, 0.15) is 5.60 Å². The minimum atomic E-state index is -0.798. The molecule has 0 aliphatic rings. The number of aryl methyl sites for hydroxylation is 1. The first-order valence-corrected chi connectivity index (χ1v) is 8.55. The molecule has 1 heterocycles. The minimum Gasteiger partial charge on any atom is -0.459 e. The standard InChI is InChI=1S/C19H23N3O5/c1-11-13(10-14-15(21-11)6-5-7-16(14)22(25)26)12(8-9-17(20)23)18(24)27-19(2,3)4/h5-7,10,12H,8-9H2,1-4H3,(H2,20,23). The molecular formula is C19H23N3O5. The molecule has 2 rings (SSSR count). The Morgan fingerprint density at radius 1 is 1.33 bits per heavy atom. The van der Waals surface area contributed by atoms with Crippen molar-refractivity contribution in [3.8, 4) is 0 Å². The van der Waals surface area contributed by atoms with Crippen molar-refractivity contribution < 1.29 is 19.2 Å². The van der Waals surface area contributed by atoms with Gasteiger partial charge in [0, 0.05) is 18.2 Å². The Morgan fingerprint density at radius 2 is 2.00 bits per heavy atom. The molecule has 0 spiro atoms. The Labute approximate surface area is 156 Å². The molecule has 1 aromatic carbocycles. The number of aromatic nitrogens is 1. The molecule has 2 N–H and O–H groups in total. The second-order valence-corrected chi connectivity index (χ2v) is 7.35. The summed E-state index contributed by atoms with van der Waals surface area (Å²) in [6, 6.07) is 6.20. The van der Waals surface area contributed by atoms with Crippen molar-refractivity contribution in [3.05, 3.63) is 45.6 Å². The molecule has 0 bridgehead atoms. The van der Waals surface area contributed by atoms with Gasteiger partial charge >= 0.3 is 5.97 Å². The predicted octanol–water partition coefficient (Wildman–Crippen LogP) is 3.14. The number of primary amides is 1. The van der Waals surface area contributed by atoms with Crippen LogP contribution in [0.5, 0.6) is 0 Å². The van der Waals surface area contributed by atoms with Gasteiger partial charge in [0.25, 0.3) is 5.69 Å². The molecule has 1 atom stereocenters. The molecule has 1 amide bonds. The molecule has 0 aliphatic carbocycles. The number of hydrogen-bond donors (Lipinski definition) is 1. The molecule has 2 aromatic rings. The SMILES string of the molecule is Cc1nc2cccc([N+](=O)[O-])c2cc1C(CCC(N)=O)C(=O)OC(C)(C)C. The van der Waals surface area contributed by atoms with Crippen LogP contribution in [-0.2, 0) is 14.3 Å². The Morgan fingerprint density at radius 3 is 2.56 bits per heavy atom. The summed E-state index contributed by atoms with van der Waals surface area (Å²) in [6.07, 6.45) is 0.122. The highest BCUT2D eigenvalue weighted by molar-refractivity contribution is 5.90. The lowest BCUT2D eigenvalue weighted by molar-refractivity contribution is -0.383. The number of nitro groups is 1. The summed E-state index contributed by atoms with van der Waals surface area (Å²) in [7, 11) is 0. The molecule has 144 valence electrons. The number of nitrogens with zero attached hydrogens (tertiary/aromatic N) is 2. The van der Waals surface area contributed by atoms with Crippen LogP contribution in [0, 0.1) is 17.0 Å². The summed E-state index contributed by atoms with van der Waals surface area (Å²) in [5.74, 6) is -1.86. The first-order chi connectivity index (χ1) is 12.5. The first-order valence-electron chi connectivity index (χ1n) is 8.55. The predicted molar refractivity (Wildman–Crippen MR) is 100 cm³/mol. The average Bonchev–Trinajstić information content (AvgIpc) is 2.52. The van der Waals surface area contributed by atoms with Crippen molar-refractivity contribution in [3.63, 3.8) is 0 Å². The maximum atomic E-state index is 12.7. The van der Waals surface area contributed by atoms with Crippen molar-refractivity contribution >= 4 is 28.5 Å². The van der Waals surface area contributed by atoms with Crippen LogP contribution in [0.15, 0.2) is 24.3 Å². The number of nitrogens with two attached hydrogens (primary N) is 1. The zero-order valence-electron chi connectivity index (χ0n) is 15.8. The molecular weight excluding hydrogens is 350 g/mol. The van der Waals surface area contributed by atoms with Gasteiger partial charge in [0.05, 0.1) is 21.7 Å². The molecule has 8 heteroatoms. The Bertz CT molecular complexity index is 902. The number of rotatable bonds is 6. The van der Waals surface area contributed by atoms with Gasteiger partial charge in [-0.15, -0.1) is 0 Å². The molecule has 1 aromatic heterocycles. The number of fused-ring (bicyclic) bond motifs is 1. The van der Waals surface area contributed by atoms with Crippen molar-refractivity contribution in [2.24, 2.45) is 5.73 Å². The lowest BCUT2D eigenvalue weighted by Gasteiger charge is -2.25. The lowest BCUT2D eigenvalue weighted by atomic mass is 9.91. The fraction of sp³-hybridized carbons (Fsp3) is 0.421. The second kappa shape index (κ2) is 7.69. The van der Waals surface area contributed by atoms with E-state index in [1.807, 2.05) is 0 Å². The number of carbonyl (C=O) groups excluding carboxylic acids is 2. The average molecular weight is 373 g/mol. The number of benzene rings is 1. The van der Waals surface area contributed by atoms with Gasteiger partial charge in [-0.25, -0.2) is 0 Å². The highest BCUT2D eigenvalue weighted by Crippen LogP contribution is 2.32. The normalized spacial score (nSPS) is 12.6. The van der Waals surface area contributed by atoms with Gasteiger partial charge in [-0.1, -0.05) is 6.07 Å². The fourth-order valence-corrected chi connectivity index (χ4v) is 2.86. The van der Waals surface area contributed by atoms with E-state index in [0.717, 1.165) is 0 Å². The molecule has 0 radical (unpaired) electrons. The number of amides is 1. The van der Waals surface area contributed by atoms with Crippen LogP contribution in [0.3, 0.4) is 0 Å². The highest BCUT2D eigenvalue weighted by atomic mass is 16.6. The Kier molecular flexibility index (Phi) is 5.78. The van der Waals surface area contributed by atoms with E-state index in [1.54, 1.807) is 45.9 Å². The van der Waals surface area contributed by atoms with E-state index in [4.69, 9.17) is 10.5 Å².